The lowest BCUT2D eigenvalue weighted by Gasteiger charge is -1.92. The highest BCUT2D eigenvalue weighted by Gasteiger charge is 2.13. The first kappa shape index (κ1) is 10.5. The highest BCUT2D eigenvalue weighted by atomic mass is 79.9. The van der Waals surface area contributed by atoms with Crippen molar-refractivity contribution < 1.29 is 4.79 Å². The van der Waals surface area contributed by atoms with E-state index in [1.165, 1.54) is 11.3 Å². The average Bonchev–Trinajstić information content (AvgIpc) is 2.87. The fraction of sp³-hybridized carbons (Fsp3) is 0.222. The van der Waals surface area contributed by atoms with Crippen LogP contribution in [0.15, 0.2) is 23.7 Å². The van der Waals surface area contributed by atoms with E-state index in [2.05, 4.69) is 26.2 Å². The Morgan fingerprint density at radius 2 is 2.47 bits per heavy atom. The summed E-state index contributed by atoms with van der Waals surface area (Å²) in [6, 6.07) is 3.64. The molecule has 0 bridgehead atoms. The lowest BCUT2D eigenvalue weighted by atomic mass is 10.2. The van der Waals surface area contributed by atoms with Crippen LogP contribution in [0.4, 0.5) is 0 Å². The molecule has 0 N–H and O–H groups in total. The maximum atomic E-state index is 11.8. The highest BCUT2D eigenvalue weighted by Crippen LogP contribution is 2.13. The number of ketones is 1. The summed E-state index contributed by atoms with van der Waals surface area (Å²) < 4.78 is 1.65. The van der Waals surface area contributed by atoms with Crippen LogP contribution in [0.5, 0.6) is 0 Å². The molecule has 78 valence electrons. The minimum Gasteiger partial charge on any atom is -0.286 e. The minimum atomic E-state index is -0.0641. The lowest BCUT2D eigenvalue weighted by molar-refractivity contribution is 0.103. The fourth-order valence-corrected chi connectivity index (χ4v) is 2.17. The number of carbonyl (C=O) groups is 1. The van der Waals surface area contributed by atoms with Gasteiger partial charge in [-0.15, -0.1) is 16.4 Å². The van der Waals surface area contributed by atoms with Gasteiger partial charge >= 0.3 is 0 Å². The Kier molecular flexibility index (Phi) is 3.27. The van der Waals surface area contributed by atoms with E-state index in [4.69, 9.17) is 0 Å². The summed E-state index contributed by atoms with van der Waals surface area (Å²) in [4.78, 5) is 12.5. The van der Waals surface area contributed by atoms with Crippen molar-refractivity contribution in [1.29, 1.82) is 0 Å². The molecule has 0 spiro atoms. The zero-order chi connectivity index (χ0) is 10.7. The predicted molar refractivity (Wildman–Crippen MR) is 61.6 cm³/mol. The van der Waals surface area contributed by atoms with E-state index in [0.29, 0.717) is 17.1 Å². The van der Waals surface area contributed by atoms with Gasteiger partial charge in [-0.3, -0.25) is 9.48 Å². The zero-order valence-electron chi connectivity index (χ0n) is 7.76. The zero-order valence-corrected chi connectivity index (χ0v) is 10.2. The third-order valence-electron chi connectivity index (χ3n) is 1.83. The van der Waals surface area contributed by atoms with E-state index in [9.17, 15) is 4.79 Å². The number of thiophene rings is 1. The molecule has 2 heterocycles. The molecule has 0 unspecified atom stereocenters. The molecule has 0 aliphatic heterocycles. The van der Waals surface area contributed by atoms with Gasteiger partial charge in [0.15, 0.2) is 5.69 Å². The van der Waals surface area contributed by atoms with Crippen molar-refractivity contribution in [2.24, 2.45) is 0 Å². The number of rotatable bonds is 4. The molecule has 0 aliphatic carbocycles. The Balaban J connectivity index is 2.19. The van der Waals surface area contributed by atoms with Crippen molar-refractivity contribution in [1.82, 2.24) is 15.0 Å². The van der Waals surface area contributed by atoms with Gasteiger partial charge in [0.25, 0.3) is 0 Å². The largest absolute Gasteiger partial charge is 0.286 e. The van der Waals surface area contributed by atoms with Gasteiger partial charge in [0.05, 0.1) is 17.6 Å². The monoisotopic (exact) mass is 285 g/mol. The number of aryl methyl sites for hydroxylation is 1. The molecule has 2 aromatic heterocycles. The third kappa shape index (κ3) is 2.32. The molecular weight excluding hydrogens is 278 g/mol. The number of aromatic nitrogens is 3. The summed E-state index contributed by atoms with van der Waals surface area (Å²) in [6.07, 6.45) is 1.67. The van der Waals surface area contributed by atoms with Gasteiger partial charge in [-0.05, 0) is 11.4 Å². The van der Waals surface area contributed by atoms with Crippen LogP contribution >= 0.6 is 27.3 Å². The molecule has 0 radical (unpaired) electrons. The molecule has 2 rings (SSSR count). The van der Waals surface area contributed by atoms with E-state index < -0.39 is 0 Å². The Morgan fingerprint density at radius 3 is 3.13 bits per heavy atom. The van der Waals surface area contributed by atoms with Crippen LogP contribution < -0.4 is 0 Å². The third-order valence-corrected chi connectivity index (χ3v) is 3.05. The molecular formula is C9H8BrN3OS. The van der Waals surface area contributed by atoms with Gasteiger partial charge in [0, 0.05) is 5.33 Å². The summed E-state index contributed by atoms with van der Waals surface area (Å²) in [6.45, 7) is 0.713. The number of nitrogens with zero attached hydrogens (tertiary/aromatic N) is 3. The number of alkyl halides is 1. The van der Waals surface area contributed by atoms with Crippen LogP contribution in [-0.2, 0) is 6.54 Å². The van der Waals surface area contributed by atoms with E-state index >= 15 is 0 Å². The standard InChI is InChI=1S/C9H8BrN3OS/c10-3-4-13-6-7(11-12-13)9(14)8-2-1-5-15-8/h1-2,5-6H,3-4H2. The lowest BCUT2D eigenvalue weighted by Crippen LogP contribution is -1.99. The Labute approximate surface area is 99.0 Å². The maximum absolute atomic E-state index is 11.8. The highest BCUT2D eigenvalue weighted by molar-refractivity contribution is 9.09. The summed E-state index contributed by atoms with van der Waals surface area (Å²) >= 11 is 4.71. The minimum absolute atomic E-state index is 0.0641. The first-order chi connectivity index (χ1) is 7.31. The van der Waals surface area contributed by atoms with E-state index in [1.807, 2.05) is 11.4 Å². The molecule has 2 aromatic rings. The van der Waals surface area contributed by atoms with E-state index in [0.717, 1.165) is 5.33 Å². The number of hydrogen-bond acceptors (Lipinski definition) is 4. The summed E-state index contributed by atoms with van der Waals surface area (Å²) in [5.74, 6) is -0.0641. The van der Waals surface area contributed by atoms with Gasteiger partial charge in [0.1, 0.15) is 0 Å². The molecule has 0 aliphatic rings. The van der Waals surface area contributed by atoms with Gasteiger partial charge in [-0.25, -0.2) is 0 Å². The summed E-state index contributed by atoms with van der Waals surface area (Å²) in [5.41, 5.74) is 0.401. The first-order valence-corrected chi connectivity index (χ1v) is 6.35. The van der Waals surface area contributed by atoms with Crippen LogP contribution in [0.3, 0.4) is 0 Å². The van der Waals surface area contributed by atoms with Gasteiger partial charge < -0.3 is 0 Å². The van der Waals surface area contributed by atoms with Crippen molar-refractivity contribution >= 4 is 33.0 Å². The molecule has 0 saturated carbocycles. The van der Waals surface area contributed by atoms with Crippen molar-refractivity contribution in [2.75, 3.05) is 5.33 Å². The van der Waals surface area contributed by atoms with Crippen molar-refractivity contribution in [3.8, 4) is 0 Å². The van der Waals surface area contributed by atoms with Crippen LogP contribution in [0.1, 0.15) is 15.4 Å². The second kappa shape index (κ2) is 4.67. The Morgan fingerprint density at radius 1 is 1.60 bits per heavy atom. The maximum Gasteiger partial charge on any atom is 0.224 e. The first-order valence-electron chi connectivity index (χ1n) is 4.35. The van der Waals surface area contributed by atoms with Gasteiger partial charge in [0.2, 0.25) is 5.78 Å². The molecule has 0 fully saturated rings. The smallest absolute Gasteiger partial charge is 0.224 e. The van der Waals surface area contributed by atoms with Crippen LogP contribution in [0.25, 0.3) is 0 Å². The SMILES string of the molecule is O=C(c1cn(CCBr)nn1)c1cccs1. The number of carbonyl (C=O) groups excluding carboxylic acids is 1. The van der Waals surface area contributed by atoms with Crippen molar-refractivity contribution in [3.05, 3.63) is 34.3 Å². The van der Waals surface area contributed by atoms with E-state index in [-0.39, 0.29) is 5.78 Å². The summed E-state index contributed by atoms with van der Waals surface area (Å²) in [7, 11) is 0. The van der Waals surface area contributed by atoms with E-state index in [1.54, 1.807) is 16.9 Å². The quantitative estimate of drug-likeness (QED) is 0.637. The van der Waals surface area contributed by atoms with Crippen molar-refractivity contribution in [2.45, 2.75) is 6.54 Å². The Bertz CT molecular complexity index is 452. The van der Waals surface area contributed by atoms with Crippen LogP contribution in [0, 0.1) is 0 Å². The fourth-order valence-electron chi connectivity index (χ4n) is 1.13. The topological polar surface area (TPSA) is 47.8 Å². The molecule has 0 saturated heterocycles. The average molecular weight is 286 g/mol. The molecule has 0 amide bonds. The predicted octanol–water partition coefficient (Wildman–Crippen LogP) is 1.97. The molecule has 6 heteroatoms. The molecule has 0 atom stereocenters. The normalized spacial score (nSPS) is 10.5. The molecule has 15 heavy (non-hydrogen) atoms. The van der Waals surface area contributed by atoms with Crippen LogP contribution in [-0.4, -0.2) is 26.1 Å². The summed E-state index contributed by atoms with van der Waals surface area (Å²) in [5, 5.41) is 10.4. The second-order valence-corrected chi connectivity index (χ2v) is 4.60. The van der Waals surface area contributed by atoms with Gasteiger partial charge in [-0.1, -0.05) is 27.2 Å². The van der Waals surface area contributed by atoms with Crippen LogP contribution in [0.2, 0.25) is 0 Å². The van der Waals surface area contributed by atoms with Crippen molar-refractivity contribution in [3.63, 3.8) is 0 Å². The second-order valence-electron chi connectivity index (χ2n) is 2.86. The number of hydrogen-bond donors (Lipinski definition) is 0. The molecule has 4 nitrogen and oxygen atoms in total. The Hall–Kier alpha value is -1.01. The van der Waals surface area contributed by atoms with Gasteiger partial charge in [-0.2, -0.15) is 0 Å². The number of halogens is 1. The molecule has 0 aromatic carbocycles.